The molecule has 0 spiro atoms. The second-order valence-electron chi connectivity index (χ2n) is 5.87. The van der Waals surface area contributed by atoms with Crippen molar-refractivity contribution in [1.82, 2.24) is 9.55 Å². The number of aromatic nitrogens is 2. The number of benzene rings is 3. The van der Waals surface area contributed by atoms with Crippen LogP contribution in [0.15, 0.2) is 72.8 Å². The van der Waals surface area contributed by atoms with Gasteiger partial charge < -0.3 is 16.0 Å². The molecule has 0 bridgehead atoms. The topological polar surface area (TPSA) is 69.9 Å². The van der Waals surface area contributed by atoms with Gasteiger partial charge in [0.1, 0.15) is 5.82 Å². The van der Waals surface area contributed by atoms with E-state index in [2.05, 4.69) is 22.8 Å². The molecular weight excluding hydrogens is 296 g/mol. The number of para-hydroxylation sites is 2. The average Bonchev–Trinajstić information content (AvgIpc) is 2.96. The molecule has 4 N–H and O–H groups in total. The number of hydrogen-bond acceptors (Lipinski definition) is 3. The molecule has 1 heterocycles. The Balaban J connectivity index is 1.86. The Kier molecular flexibility index (Phi) is 3.43. The summed E-state index contributed by atoms with van der Waals surface area (Å²) in [4.78, 5) is 4.82. The fourth-order valence-electron chi connectivity index (χ4n) is 2.89. The minimum Gasteiger partial charge on any atom is -0.399 e. The van der Waals surface area contributed by atoms with Crippen LogP contribution in [0.5, 0.6) is 0 Å². The van der Waals surface area contributed by atoms with Gasteiger partial charge in [-0.2, -0.15) is 0 Å². The van der Waals surface area contributed by atoms with Crippen LogP contribution in [0.2, 0.25) is 0 Å². The van der Waals surface area contributed by atoms with Crippen LogP contribution in [0.3, 0.4) is 0 Å². The first-order valence-electron chi connectivity index (χ1n) is 7.86. The van der Waals surface area contributed by atoms with Gasteiger partial charge in [-0.15, -0.1) is 0 Å². The number of nitrogens with zero attached hydrogens (tertiary/aromatic N) is 2. The van der Waals surface area contributed by atoms with Gasteiger partial charge in [0.25, 0.3) is 0 Å². The molecule has 24 heavy (non-hydrogen) atoms. The molecule has 4 aromatic rings. The Labute approximate surface area is 140 Å². The first kappa shape index (κ1) is 14.3. The number of nitrogen functional groups attached to an aromatic ring is 2. The van der Waals surface area contributed by atoms with E-state index < -0.39 is 0 Å². The Bertz CT molecular complexity index is 983. The predicted molar refractivity (Wildman–Crippen MR) is 99.5 cm³/mol. The van der Waals surface area contributed by atoms with Crippen LogP contribution in [-0.4, -0.2) is 9.55 Å². The largest absolute Gasteiger partial charge is 0.399 e. The summed E-state index contributed by atoms with van der Waals surface area (Å²) in [6.07, 6.45) is 0. The Morgan fingerprint density at radius 1 is 0.750 bits per heavy atom. The fraction of sp³-hybridized carbons (Fsp3) is 0.0500. The van der Waals surface area contributed by atoms with E-state index in [1.165, 1.54) is 5.56 Å². The van der Waals surface area contributed by atoms with Crippen molar-refractivity contribution < 1.29 is 0 Å². The summed E-state index contributed by atoms with van der Waals surface area (Å²) in [5.74, 6) is 0.938. The predicted octanol–water partition coefficient (Wildman–Crippen LogP) is 3.92. The molecule has 4 heteroatoms. The van der Waals surface area contributed by atoms with E-state index in [-0.39, 0.29) is 0 Å². The number of hydrogen-bond donors (Lipinski definition) is 2. The van der Waals surface area contributed by atoms with Crippen LogP contribution in [0.4, 0.5) is 11.4 Å². The van der Waals surface area contributed by atoms with Crippen molar-refractivity contribution in [2.45, 2.75) is 6.54 Å². The van der Waals surface area contributed by atoms with Crippen LogP contribution in [0, 0.1) is 0 Å². The summed E-state index contributed by atoms with van der Waals surface area (Å²) in [7, 11) is 0. The molecule has 0 aliphatic rings. The molecule has 1 aromatic heterocycles. The fourth-order valence-corrected chi connectivity index (χ4v) is 2.89. The maximum Gasteiger partial charge on any atom is 0.141 e. The van der Waals surface area contributed by atoms with Crippen molar-refractivity contribution in [3.8, 4) is 11.4 Å². The second-order valence-corrected chi connectivity index (χ2v) is 5.87. The van der Waals surface area contributed by atoms with Crippen LogP contribution >= 0.6 is 0 Å². The lowest BCUT2D eigenvalue weighted by molar-refractivity contribution is 0.834. The van der Waals surface area contributed by atoms with Gasteiger partial charge >= 0.3 is 0 Å². The highest BCUT2D eigenvalue weighted by atomic mass is 15.1. The molecule has 3 aromatic carbocycles. The maximum absolute atomic E-state index is 5.82. The van der Waals surface area contributed by atoms with Crippen LogP contribution in [0.25, 0.3) is 22.4 Å². The molecule has 0 aliphatic heterocycles. The van der Waals surface area contributed by atoms with Crippen LogP contribution < -0.4 is 11.5 Å². The summed E-state index contributed by atoms with van der Waals surface area (Å²) >= 11 is 0. The first-order valence-corrected chi connectivity index (χ1v) is 7.86. The van der Waals surface area contributed by atoms with Gasteiger partial charge in [0.05, 0.1) is 11.0 Å². The van der Waals surface area contributed by atoms with Gasteiger partial charge in [0.15, 0.2) is 0 Å². The van der Waals surface area contributed by atoms with Crippen molar-refractivity contribution in [3.05, 3.63) is 78.4 Å². The van der Waals surface area contributed by atoms with E-state index in [4.69, 9.17) is 16.5 Å². The zero-order chi connectivity index (χ0) is 16.5. The summed E-state index contributed by atoms with van der Waals surface area (Å²) < 4.78 is 2.23. The smallest absolute Gasteiger partial charge is 0.141 e. The molecule has 4 nitrogen and oxygen atoms in total. The third-order valence-electron chi connectivity index (χ3n) is 4.14. The van der Waals surface area contributed by atoms with Gasteiger partial charge in [-0.25, -0.2) is 4.98 Å². The maximum atomic E-state index is 5.82. The number of anilines is 2. The molecule has 4 rings (SSSR count). The third kappa shape index (κ3) is 2.58. The molecular formula is C20H18N4. The van der Waals surface area contributed by atoms with Crippen molar-refractivity contribution >= 4 is 22.4 Å². The van der Waals surface area contributed by atoms with Crippen molar-refractivity contribution in [2.75, 3.05) is 11.5 Å². The number of fused-ring (bicyclic) bond motifs is 1. The summed E-state index contributed by atoms with van der Waals surface area (Å²) in [6.45, 7) is 0.737. The van der Waals surface area contributed by atoms with E-state index in [1.54, 1.807) is 0 Å². The summed E-state index contributed by atoms with van der Waals surface area (Å²) in [5, 5.41) is 0. The van der Waals surface area contributed by atoms with Crippen LogP contribution in [-0.2, 0) is 6.54 Å². The molecule has 118 valence electrons. The summed E-state index contributed by atoms with van der Waals surface area (Å²) in [5.41, 5.74) is 17.5. The van der Waals surface area contributed by atoms with E-state index in [1.807, 2.05) is 54.6 Å². The van der Waals surface area contributed by atoms with Crippen LogP contribution in [0.1, 0.15) is 5.56 Å². The van der Waals surface area contributed by atoms with Crippen molar-refractivity contribution in [2.24, 2.45) is 0 Å². The van der Waals surface area contributed by atoms with Crippen molar-refractivity contribution in [3.63, 3.8) is 0 Å². The highest BCUT2D eigenvalue weighted by molar-refractivity contribution is 5.81. The Morgan fingerprint density at radius 2 is 1.38 bits per heavy atom. The highest BCUT2D eigenvalue weighted by Crippen LogP contribution is 2.26. The van der Waals surface area contributed by atoms with E-state index in [0.29, 0.717) is 0 Å². The Morgan fingerprint density at radius 3 is 2.08 bits per heavy atom. The lowest BCUT2D eigenvalue weighted by Gasteiger charge is -2.10. The molecule has 0 atom stereocenters. The molecule has 0 fully saturated rings. The van der Waals surface area contributed by atoms with Crippen molar-refractivity contribution in [1.29, 1.82) is 0 Å². The van der Waals surface area contributed by atoms with E-state index in [0.717, 1.165) is 40.3 Å². The monoisotopic (exact) mass is 314 g/mol. The van der Waals surface area contributed by atoms with E-state index >= 15 is 0 Å². The number of rotatable bonds is 3. The minimum atomic E-state index is 0.737. The second kappa shape index (κ2) is 5.74. The normalized spacial score (nSPS) is 11.0. The van der Waals surface area contributed by atoms with E-state index in [9.17, 15) is 0 Å². The van der Waals surface area contributed by atoms with Gasteiger partial charge in [-0.3, -0.25) is 0 Å². The highest BCUT2D eigenvalue weighted by Gasteiger charge is 2.12. The lowest BCUT2D eigenvalue weighted by atomic mass is 10.1. The zero-order valence-electron chi connectivity index (χ0n) is 13.2. The number of imidazole rings is 1. The van der Waals surface area contributed by atoms with Gasteiger partial charge in [-0.05, 0) is 54.1 Å². The number of nitrogens with two attached hydrogens (primary N) is 2. The quantitative estimate of drug-likeness (QED) is 0.563. The average molecular weight is 314 g/mol. The molecule has 0 saturated heterocycles. The van der Waals surface area contributed by atoms with Gasteiger partial charge in [0.2, 0.25) is 0 Å². The van der Waals surface area contributed by atoms with Gasteiger partial charge in [0, 0.05) is 23.5 Å². The van der Waals surface area contributed by atoms with Gasteiger partial charge in [-0.1, -0.05) is 24.3 Å². The SMILES string of the molecule is Nc1ccc(Cn2c(-c3ccc(N)cc3)nc3ccccc32)cc1. The lowest BCUT2D eigenvalue weighted by Crippen LogP contribution is -2.02. The standard InChI is InChI=1S/C20H18N4/c21-16-9-5-14(6-10-16)13-24-19-4-2-1-3-18(19)23-20(24)15-7-11-17(22)12-8-15/h1-12H,13,21-22H2. The first-order chi connectivity index (χ1) is 11.7. The zero-order valence-corrected chi connectivity index (χ0v) is 13.2. The Hall–Kier alpha value is -3.27. The molecule has 0 saturated carbocycles. The molecule has 0 amide bonds. The third-order valence-corrected chi connectivity index (χ3v) is 4.14. The minimum absolute atomic E-state index is 0.737. The molecule has 0 unspecified atom stereocenters. The molecule has 0 aliphatic carbocycles. The molecule has 0 radical (unpaired) electrons. The summed E-state index contributed by atoms with van der Waals surface area (Å²) in [6, 6.07) is 24.0.